The van der Waals surface area contributed by atoms with Crippen LogP contribution in [0.2, 0.25) is 0 Å². The number of thioether (sulfide) groups is 1. The predicted molar refractivity (Wildman–Crippen MR) is 83.8 cm³/mol. The summed E-state index contributed by atoms with van der Waals surface area (Å²) in [6.07, 6.45) is 2.01. The van der Waals surface area contributed by atoms with Crippen LogP contribution in [0.3, 0.4) is 0 Å². The molecule has 0 bridgehead atoms. The van der Waals surface area contributed by atoms with Crippen molar-refractivity contribution >= 4 is 23.4 Å². The first-order valence-electron chi connectivity index (χ1n) is 6.42. The van der Waals surface area contributed by atoms with E-state index in [-0.39, 0.29) is 5.91 Å². The van der Waals surface area contributed by atoms with Crippen LogP contribution in [-0.2, 0) is 0 Å². The molecular formula is C16H17NO2S. The highest BCUT2D eigenvalue weighted by molar-refractivity contribution is 7.98. The molecule has 0 saturated heterocycles. The second kappa shape index (κ2) is 7.01. The minimum Gasteiger partial charge on any atom is -0.492 e. The van der Waals surface area contributed by atoms with Crippen molar-refractivity contribution in [3.63, 3.8) is 0 Å². The van der Waals surface area contributed by atoms with Crippen molar-refractivity contribution < 1.29 is 9.53 Å². The zero-order valence-corrected chi connectivity index (χ0v) is 12.4. The third-order valence-electron chi connectivity index (χ3n) is 2.79. The average Bonchev–Trinajstić information content (AvgIpc) is 2.49. The van der Waals surface area contributed by atoms with Crippen LogP contribution in [-0.4, -0.2) is 18.8 Å². The Kier molecular flexibility index (Phi) is 5.07. The normalized spacial score (nSPS) is 10.1. The molecule has 0 saturated carbocycles. The van der Waals surface area contributed by atoms with Gasteiger partial charge in [-0.1, -0.05) is 12.1 Å². The van der Waals surface area contributed by atoms with Crippen molar-refractivity contribution in [3.05, 3.63) is 54.1 Å². The number of para-hydroxylation sites is 2. The van der Waals surface area contributed by atoms with Crippen LogP contribution in [0.15, 0.2) is 53.4 Å². The van der Waals surface area contributed by atoms with E-state index in [4.69, 9.17) is 4.74 Å². The molecule has 3 nitrogen and oxygen atoms in total. The molecule has 0 spiro atoms. The van der Waals surface area contributed by atoms with Gasteiger partial charge in [0.1, 0.15) is 5.75 Å². The van der Waals surface area contributed by atoms with Gasteiger partial charge >= 0.3 is 0 Å². The van der Waals surface area contributed by atoms with E-state index >= 15 is 0 Å². The Morgan fingerprint density at radius 2 is 1.85 bits per heavy atom. The molecule has 1 amide bonds. The molecule has 4 heteroatoms. The van der Waals surface area contributed by atoms with Crippen LogP contribution in [0, 0.1) is 0 Å². The van der Waals surface area contributed by atoms with Gasteiger partial charge in [-0.3, -0.25) is 4.79 Å². The Labute approximate surface area is 123 Å². The van der Waals surface area contributed by atoms with Crippen molar-refractivity contribution in [2.75, 3.05) is 18.2 Å². The average molecular weight is 287 g/mol. The molecule has 0 aliphatic carbocycles. The van der Waals surface area contributed by atoms with Crippen LogP contribution in [0.4, 0.5) is 5.69 Å². The van der Waals surface area contributed by atoms with E-state index < -0.39 is 0 Å². The number of anilines is 1. The zero-order chi connectivity index (χ0) is 14.4. The first-order valence-corrected chi connectivity index (χ1v) is 7.64. The molecule has 0 atom stereocenters. The highest BCUT2D eigenvalue weighted by atomic mass is 32.2. The van der Waals surface area contributed by atoms with E-state index in [2.05, 4.69) is 5.32 Å². The van der Waals surface area contributed by atoms with Crippen molar-refractivity contribution in [3.8, 4) is 5.75 Å². The number of hydrogen-bond donors (Lipinski definition) is 1. The lowest BCUT2D eigenvalue weighted by Crippen LogP contribution is -2.12. The Morgan fingerprint density at radius 3 is 2.50 bits per heavy atom. The third kappa shape index (κ3) is 3.54. The van der Waals surface area contributed by atoms with Gasteiger partial charge in [0.2, 0.25) is 0 Å². The highest BCUT2D eigenvalue weighted by Gasteiger charge is 2.09. The summed E-state index contributed by atoms with van der Waals surface area (Å²) in [5.74, 6) is 0.550. The van der Waals surface area contributed by atoms with Gasteiger partial charge in [-0.25, -0.2) is 0 Å². The predicted octanol–water partition coefficient (Wildman–Crippen LogP) is 4.06. The van der Waals surface area contributed by atoms with Gasteiger partial charge in [-0.15, -0.1) is 11.8 Å². The SMILES string of the molecule is CCOc1ccccc1NC(=O)c1ccc(SC)cc1. The monoisotopic (exact) mass is 287 g/mol. The molecule has 2 aromatic rings. The van der Waals surface area contributed by atoms with Crippen molar-refractivity contribution in [2.24, 2.45) is 0 Å². The Morgan fingerprint density at radius 1 is 1.15 bits per heavy atom. The third-order valence-corrected chi connectivity index (χ3v) is 3.53. The van der Waals surface area contributed by atoms with Gasteiger partial charge in [0.05, 0.1) is 12.3 Å². The van der Waals surface area contributed by atoms with E-state index in [9.17, 15) is 4.79 Å². The number of carbonyl (C=O) groups is 1. The first kappa shape index (κ1) is 14.5. The summed E-state index contributed by atoms with van der Waals surface area (Å²) in [4.78, 5) is 13.3. The molecule has 104 valence electrons. The molecule has 1 N–H and O–H groups in total. The second-order valence-corrected chi connectivity index (χ2v) is 4.99. The van der Waals surface area contributed by atoms with Gasteiger partial charge in [0.15, 0.2) is 0 Å². The molecule has 0 aromatic heterocycles. The van der Waals surface area contributed by atoms with Gasteiger partial charge in [0, 0.05) is 10.5 Å². The Balaban J connectivity index is 2.14. The summed E-state index contributed by atoms with van der Waals surface area (Å²) in [6.45, 7) is 2.48. The fourth-order valence-electron chi connectivity index (χ4n) is 1.79. The van der Waals surface area contributed by atoms with Crippen molar-refractivity contribution in [2.45, 2.75) is 11.8 Å². The Hall–Kier alpha value is -1.94. The first-order chi connectivity index (χ1) is 9.74. The van der Waals surface area contributed by atoms with Crippen LogP contribution in [0.25, 0.3) is 0 Å². The maximum atomic E-state index is 12.2. The second-order valence-electron chi connectivity index (χ2n) is 4.11. The topological polar surface area (TPSA) is 38.3 Å². The van der Waals surface area contributed by atoms with Gasteiger partial charge in [-0.05, 0) is 49.6 Å². The minimum absolute atomic E-state index is 0.134. The molecule has 2 rings (SSSR count). The lowest BCUT2D eigenvalue weighted by molar-refractivity contribution is 0.102. The van der Waals surface area contributed by atoms with Crippen molar-refractivity contribution in [1.82, 2.24) is 0 Å². The fraction of sp³-hybridized carbons (Fsp3) is 0.188. The maximum absolute atomic E-state index is 12.2. The molecule has 0 aliphatic heterocycles. The smallest absolute Gasteiger partial charge is 0.255 e. The fourth-order valence-corrected chi connectivity index (χ4v) is 2.20. The standard InChI is InChI=1S/C16H17NO2S/c1-3-19-15-7-5-4-6-14(15)17-16(18)12-8-10-13(20-2)11-9-12/h4-11H,3H2,1-2H3,(H,17,18). The number of nitrogens with one attached hydrogen (secondary N) is 1. The summed E-state index contributed by atoms with van der Waals surface area (Å²) in [5.41, 5.74) is 1.32. The van der Waals surface area contributed by atoms with Crippen LogP contribution >= 0.6 is 11.8 Å². The van der Waals surface area contributed by atoms with Crippen LogP contribution < -0.4 is 10.1 Å². The molecule has 0 radical (unpaired) electrons. The molecular weight excluding hydrogens is 270 g/mol. The summed E-state index contributed by atoms with van der Waals surface area (Å²) < 4.78 is 5.49. The number of hydrogen-bond acceptors (Lipinski definition) is 3. The molecule has 0 aliphatic rings. The Bertz CT molecular complexity index is 581. The highest BCUT2D eigenvalue weighted by Crippen LogP contribution is 2.24. The summed E-state index contributed by atoms with van der Waals surface area (Å²) in [7, 11) is 0. The number of benzene rings is 2. The number of amides is 1. The number of ether oxygens (including phenoxy) is 1. The van der Waals surface area contributed by atoms with Gasteiger partial charge < -0.3 is 10.1 Å². The van der Waals surface area contributed by atoms with E-state index in [1.807, 2.05) is 61.7 Å². The minimum atomic E-state index is -0.134. The van der Waals surface area contributed by atoms with Gasteiger partial charge in [-0.2, -0.15) is 0 Å². The van der Waals surface area contributed by atoms with Crippen molar-refractivity contribution in [1.29, 1.82) is 0 Å². The largest absolute Gasteiger partial charge is 0.492 e. The molecule has 0 heterocycles. The number of carbonyl (C=O) groups excluding carboxylic acids is 1. The summed E-state index contributed by atoms with van der Waals surface area (Å²) in [5, 5.41) is 2.88. The van der Waals surface area contributed by atoms with Crippen LogP contribution in [0.5, 0.6) is 5.75 Å². The quantitative estimate of drug-likeness (QED) is 0.843. The zero-order valence-electron chi connectivity index (χ0n) is 11.6. The number of rotatable bonds is 5. The lowest BCUT2D eigenvalue weighted by atomic mass is 10.2. The maximum Gasteiger partial charge on any atom is 0.255 e. The van der Waals surface area contributed by atoms with E-state index in [0.29, 0.717) is 23.6 Å². The molecule has 0 unspecified atom stereocenters. The molecule has 2 aromatic carbocycles. The van der Waals surface area contributed by atoms with Crippen LogP contribution in [0.1, 0.15) is 17.3 Å². The summed E-state index contributed by atoms with van der Waals surface area (Å²) in [6, 6.07) is 15.0. The summed E-state index contributed by atoms with van der Waals surface area (Å²) >= 11 is 1.65. The van der Waals surface area contributed by atoms with E-state index in [0.717, 1.165) is 4.90 Å². The van der Waals surface area contributed by atoms with E-state index in [1.54, 1.807) is 11.8 Å². The molecule has 0 fully saturated rings. The lowest BCUT2D eigenvalue weighted by Gasteiger charge is -2.11. The molecule has 20 heavy (non-hydrogen) atoms. The van der Waals surface area contributed by atoms with E-state index in [1.165, 1.54) is 0 Å². The van der Waals surface area contributed by atoms with Gasteiger partial charge in [0.25, 0.3) is 5.91 Å².